The zero-order valence-electron chi connectivity index (χ0n) is 14.2. The van der Waals surface area contributed by atoms with Crippen LogP contribution in [-0.2, 0) is 6.54 Å². The summed E-state index contributed by atoms with van der Waals surface area (Å²) in [5, 5.41) is 11.2. The zero-order valence-corrected chi connectivity index (χ0v) is 14.2. The number of carbonyl (C=O) groups excluding carboxylic acids is 1. The van der Waals surface area contributed by atoms with E-state index in [1.165, 1.54) is 0 Å². The Bertz CT molecular complexity index is 973. The van der Waals surface area contributed by atoms with E-state index in [0.29, 0.717) is 17.7 Å². The molecule has 0 aliphatic heterocycles. The summed E-state index contributed by atoms with van der Waals surface area (Å²) in [4.78, 5) is 14.2. The summed E-state index contributed by atoms with van der Waals surface area (Å²) in [7, 11) is 3.41. The van der Waals surface area contributed by atoms with Crippen LogP contribution in [0.2, 0.25) is 0 Å². The molecule has 0 heterocycles. The van der Waals surface area contributed by atoms with E-state index in [0.717, 1.165) is 22.1 Å². The number of methoxy groups -OCH3 is 1. The van der Waals surface area contributed by atoms with Gasteiger partial charge in [0.1, 0.15) is 5.75 Å². The summed E-state index contributed by atoms with van der Waals surface area (Å²) in [6.45, 7) is 0.498. The fourth-order valence-corrected chi connectivity index (χ4v) is 2.79. The lowest BCUT2D eigenvalue weighted by molar-refractivity contribution is 0.0785. The Kier molecular flexibility index (Phi) is 4.67. The molecule has 0 radical (unpaired) electrons. The number of hydrogen-bond donors (Lipinski definition) is 0. The molecule has 0 atom stereocenters. The average Bonchev–Trinajstić information content (AvgIpc) is 2.66. The molecule has 0 spiro atoms. The quantitative estimate of drug-likeness (QED) is 0.727. The molecule has 0 N–H and O–H groups in total. The van der Waals surface area contributed by atoms with Crippen molar-refractivity contribution >= 4 is 16.7 Å². The molecule has 0 aliphatic carbocycles. The van der Waals surface area contributed by atoms with Gasteiger partial charge >= 0.3 is 0 Å². The van der Waals surface area contributed by atoms with Crippen LogP contribution < -0.4 is 4.74 Å². The van der Waals surface area contributed by atoms with Crippen LogP contribution >= 0.6 is 0 Å². The van der Waals surface area contributed by atoms with E-state index in [-0.39, 0.29) is 5.91 Å². The highest BCUT2D eigenvalue weighted by Gasteiger charge is 2.13. The van der Waals surface area contributed by atoms with Crippen molar-refractivity contribution in [2.75, 3.05) is 14.2 Å². The first-order valence-electron chi connectivity index (χ1n) is 7.93. The molecule has 0 unspecified atom stereocenters. The van der Waals surface area contributed by atoms with Crippen molar-refractivity contribution in [2.24, 2.45) is 0 Å². The van der Waals surface area contributed by atoms with Crippen LogP contribution in [0.4, 0.5) is 0 Å². The van der Waals surface area contributed by atoms with Gasteiger partial charge in [-0.15, -0.1) is 0 Å². The fourth-order valence-electron chi connectivity index (χ4n) is 2.79. The fraction of sp³-hybridized carbons (Fsp3) is 0.143. The van der Waals surface area contributed by atoms with E-state index in [1.54, 1.807) is 43.3 Å². The van der Waals surface area contributed by atoms with Crippen molar-refractivity contribution in [2.45, 2.75) is 6.54 Å². The summed E-state index contributed by atoms with van der Waals surface area (Å²) in [5.74, 6) is 0.719. The third kappa shape index (κ3) is 3.61. The van der Waals surface area contributed by atoms with Gasteiger partial charge in [-0.3, -0.25) is 4.79 Å². The van der Waals surface area contributed by atoms with Gasteiger partial charge in [0.2, 0.25) is 0 Å². The topological polar surface area (TPSA) is 53.3 Å². The van der Waals surface area contributed by atoms with Crippen molar-refractivity contribution in [1.82, 2.24) is 4.90 Å². The van der Waals surface area contributed by atoms with Gasteiger partial charge in [0.25, 0.3) is 5.91 Å². The van der Waals surface area contributed by atoms with E-state index >= 15 is 0 Å². The summed E-state index contributed by atoms with van der Waals surface area (Å²) in [5.41, 5.74) is 2.05. The molecular formula is C21H18N2O2. The van der Waals surface area contributed by atoms with E-state index < -0.39 is 0 Å². The summed E-state index contributed by atoms with van der Waals surface area (Å²) in [6.07, 6.45) is 0. The molecule has 25 heavy (non-hydrogen) atoms. The molecule has 1 amide bonds. The second-order valence-corrected chi connectivity index (χ2v) is 5.90. The number of hydrogen-bond acceptors (Lipinski definition) is 3. The average molecular weight is 330 g/mol. The first-order valence-corrected chi connectivity index (χ1v) is 7.93. The standard InChI is InChI=1S/C21H18N2O2/c1-23(21(24)19-5-3-4-15(10-19)13-22)14-16-6-7-18-12-20(25-2)9-8-17(18)11-16/h3-12H,14H2,1-2H3. The highest BCUT2D eigenvalue weighted by atomic mass is 16.5. The molecule has 0 aromatic heterocycles. The Morgan fingerprint density at radius 1 is 1.08 bits per heavy atom. The smallest absolute Gasteiger partial charge is 0.253 e. The third-order valence-electron chi connectivity index (χ3n) is 4.12. The maximum atomic E-state index is 12.6. The molecule has 0 bridgehead atoms. The number of ether oxygens (including phenoxy) is 1. The van der Waals surface area contributed by atoms with Crippen LogP contribution in [-0.4, -0.2) is 25.0 Å². The normalized spacial score (nSPS) is 10.3. The minimum absolute atomic E-state index is 0.105. The predicted octanol–water partition coefficient (Wildman–Crippen LogP) is 3.99. The zero-order chi connectivity index (χ0) is 17.8. The molecule has 3 aromatic carbocycles. The van der Waals surface area contributed by atoms with Crippen LogP contribution in [0.3, 0.4) is 0 Å². The van der Waals surface area contributed by atoms with E-state index in [1.807, 2.05) is 30.3 Å². The van der Waals surface area contributed by atoms with Crippen molar-refractivity contribution in [1.29, 1.82) is 5.26 Å². The Morgan fingerprint density at radius 3 is 2.60 bits per heavy atom. The van der Waals surface area contributed by atoms with Gasteiger partial charge in [0.05, 0.1) is 18.7 Å². The van der Waals surface area contributed by atoms with Gasteiger partial charge in [0.15, 0.2) is 0 Å². The second kappa shape index (κ2) is 7.06. The van der Waals surface area contributed by atoms with E-state index in [4.69, 9.17) is 10.00 Å². The molecule has 3 rings (SSSR count). The molecule has 4 heteroatoms. The maximum Gasteiger partial charge on any atom is 0.253 e. The SMILES string of the molecule is COc1ccc2cc(CN(C)C(=O)c3cccc(C#N)c3)ccc2c1. The number of fused-ring (bicyclic) bond motifs is 1. The summed E-state index contributed by atoms with van der Waals surface area (Å²) >= 11 is 0. The van der Waals surface area contributed by atoms with E-state index in [2.05, 4.69) is 12.1 Å². The first-order chi connectivity index (χ1) is 12.1. The first kappa shape index (κ1) is 16.5. The van der Waals surface area contributed by atoms with Crippen LogP contribution in [0.1, 0.15) is 21.5 Å². The number of carbonyl (C=O) groups is 1. The Morgan fingerprint density at radius 2 is 1.84 bits per heavy atom. The summed E-state index contributed by atoms with van der Waals surface area (Å²) < 4.78 is 5.24. The van der Waals surface area contributed by atoms with Crippen molar-refractivity contribution in [3.63, 3.8) is 0 Å². The van der Waals surface area contributed by atoms with Crippen molar-refractivity contribution in [3.05, 3.63) is 77.4 Å². The molecule has 0 saturated carbocycles. The van der Waals surface area contributed by atoms with Gasteiger partial charge in [0, 0.05) is 19.2 Å². The van der Waals surface area contributed by atoms with Gasteiger partial charge in [-0.2, -0.15) is 5.26 Å². The lowest BCUT2D eigenvalue weighted by Gasteiger charge is -2.18. The largest absolute Gasteiger partial charge is 0.497 e. The van der Waals surface area contributed by atoms with Crippen LogP contribution in [0, 0.1) is 11.3 Å². The summed E-state index contributed by atoms with van der Waals surface area (Å²) in [6, 6.07) is 20.9. The van der Waals surface area contributed by atoms with Crippen LogP contribution in [0.15, 0.2) is 60.7 Å². The Labute approximate surface area is 146 Å². The number of rotatable bonds is 4. The highest BCUT2D eigenvalue weighted by Crippen LogP contribution is 2.22. The molecule has 4 nitrogen and oxygen atoms in total. The molecule has 124 valence electrons. The van der Waals surface area contributed by atoms with Crippen molar-refractivity contribution < 1.29 is 9.53 Å². The van der Waals surface area contributed by atoms with Crippen LogP contribution in [0.5, 0.6) is 5.75 Å². The number of nitrogens with zero attached hydrogens (tertiary/aromatic N) is 2. The maximum absolute atomic E-state index is 12.6. The lowest BCUT2D eigenvalue weighted by Crippen LogP contribution is -2.26. The number of amides is 1. The monoisotopic (exact) mass is 330 g/mol. The molecule has 0 saturated heterocycles. The van der Waals surface area contributed by atoms with Crippen LogP contribution in [0.25, 0.3) is 10.8 Å². The molecule has 0 aliphatic rings. The molecule has 3 aromatic rings. The minimum Gasteiger partial charge on any atom is -0.497 e. The Hall–Kier alpha value is -3.32. The van der Waals surface area contributed by atoms with E-state index in [9.17, 15) is 4.79 Å². The van der Waals surface area contributed by atoms with Gasteiger partial charge < -0.3 is 9.64 Å². The number of benzene rings is 3. The lowest BCUT2D eigenvalue weighted by atomic mass is 10.1. The highest BCUT2D eigenvalue weighted by molar-refractivity contribution is 5.94. The van der Waals surface area contributed by atoms with Crippen molar-refractivity contribution in [3.8, 4) is 11.8 Å². The predicted molar refractivity (Wildman–Crippen MR) is 97.5 cm³/mol. The van der Waals surface area contributed by atoms with Gasteiger partial charge in [-0.1, -0.05) is 24.3 Å². The third-order valence-corrected chi connectivity index (χ3v) is 4.12. The number of nitriles is 1. The van der Waals surface area contributed by atoms with Gasteiger partial charge in [-0.05, 0) is 52.7 Å². The second-order valence-electron chi connectivity index (χ2n) is 5.90. The Balaban J connectivity index is 1.80. The van der Waals surface area contributed by atoms with Gasteiger partial charge in [-0.25, -0.2) is 0 Å². The molecular weight excluding hydrogens is 312 g/mol. The minimum atomic E-state index is -0.105. The molecule has 0 fully saturated rings.